The number of carboxylic acids is 1. The van der Waals surface area contributed by atoms with Gasteiger partial charge in [-0.2, -0.15) is 0 Å². The smallest absolute Gasteiger partial charge is 0.347 e. The molecule has 1 fully saturated rings. The molecule has 0 bridgehead atoms. The molecule has 19 heavy (non-hydrogen) atoms. The van der Waals surface area contributed by atoms with Crippen LogP contribution in [0.15, 0.2) is 0 Å². The number of carboxylic acid groups (broad SMARTS) is 1. The maximum atomic E-state index is 11.3. The highest BCUT2D eigenvalue weighted by atomic mass is 32.1. The maximum Gasteiger partial charge on any atom is 0.347 e. The third kappa shape index (κ3) is 2.74. The van der Waals surface area contributed by atoms with Crippen molar-refractivity contribution in [2.24, 2.45) is 0 Å². The monoisotopic (exact) mass is 284 g/mol. The molecule has 2 atom stereocenters. The van der Waals surface area contributed by atoms with Gasteiger partial charge in [-0.25, -0.2) is 9.78 Å². The molecule has 6 heteroatoms. The van der Waals surface area contributed by atoms with Crippen molar-refractivity contribution in [2.45, 2.75) is 51.8 Å². The highest BCUT2D eigenvalue weighted by Crippen LogP contribution is 2.36. The number of thiazole rings is 1. The van der Waals surface area contributed by atoms with Gasteiger partial charge in [-0.3, -0.25) is 0 Å². The zero-order valence-electron chi connectivity index (χ0n) is 11.5. The van der Waals surface area contributed by atoms with Crippen molar-refractivity contribution >= 4 is 22.4 Å². The minimum absolute atomic E-state index is 0.247. The summed E-state index contributed by atoms with van der Waals surface area (Å²) in [7, 11) is 1.55. The second-order valence-corrected chi connectivity index (χ2v) is 5.88. The Balaban J connectivity index is 2.34. The predicted molar refractivity (Wildman–Crippen MR) is 75.0 cm³/mol. The van der Waals surface area contributed by atoms with E-state index in [0.717, 1.165) is 24.4 Å². The summed E-state index contributed by atoms with van der Waals surface area (Å²) >= 11 is 1.26. The number of ether oxygens (including phenoxy) is 1. The SMILES string of the molecule is CCC1CCC(C)N1c1nc(COC)c(C(=O)O)s1. The van der Waals surface area contributed by atoms with Gasteiger partial charge in [-0.15, -0.1) is 0 Å². The van der Waals surface area contributed by atoms with Crippen LogP contribution >= 0.6 is 11.3 Å². The predicted octanol–water partition coefficient (Wildman–Crippen LogP) is 2.76. The molecule has 2 rings (SSSR count). The first kappa shape index (κ1) is 14.3. The standard InChI is InChI=1S/C13H20N2O3S/c1-4-9-6-5-8(2)15(9)13-14-10(7-18-3)11(19-13)12(16)17/h8-9H,4-7H2,1-3H3,(H,16,17). The fourth-order valence-corrected chi connectivity index (χ4v) is 3.75. The Labute approximate surface area is 117 Å². The number of anilines is 1. The summed E-state index contributed by atoms with van der Waals surface area (Å²) in [6.07, 6.45) is 3.35. The molecule has 0 saturated carbocycles. The summed E-state index contributed by atoms with van der Waals surface area (Å²) < 4.78 is 5.04. The van der Waals surface area contributed by atoms with E-state index in [0.29, 0.717) is 22.7 Å². The van der Waals surface area contributed by atoms with Crippen LogP contribution in [-0.2, 0) is 11.3 Å². The molecule has 106 valence electrons. The highest BCUT2D eigenvalue weighted by molar-refractivity contribution is 7.17. The van der Waals surface area contributed by atoms with E-state index < -0.39 is 5.97 Å². The zero-order valence-corrected chi connectivity index (χ0v) is 12.4. The number of aromatic carboxylic acids is 1. The average Bonchev–Trinajstić information content (AvgIpc) is 2.93. The lowest BCUT2D eigenvalue weighted by Crippen LogP contribution is -2.33. The first-order valence-corrected chi connectivity index (χ1v) is 7.40. The number of carbonyl (C=O) groups is 1. The lowest BCUT2D eigenvalue weighted by molar-refractivity contribution is 0.0697. The quantitative estimate of drug-likeness (QED) is 0.900. The van der Waals surface area contributed by atoms with Crippen molar-refractivity contribution in [3.63, 3.8) is 0 Å². The minimum Gasteiger partial charge on any atom is -0.477 e. The molecule has 5 nitrogen and oxygen atoms in total. The van der Waals surface area contributed by atoms with E-state index in [9.17, 15) is 9.90 Å². The van der Waals surface area contributed by atoms with Crippen LogP contribution < -0.4 is 4.90 Å². The van der Waals surface area contributed by atoms with E-state index in [1.165, 1.54) is 11.3 Å². The number of hydrogen-bond acceptors (Lipinski definition) is 5. The number of hydrogen-bond donors (Lipinski definition) is 1. The molecule has 1 aromatic rings. The van der Waals surface area contributed by atoms with Crippen molar-refractivity contribution in [3.8, 4) is 0 Å². The van der Waals surface area contributed by atoms with Gasteiger partial charge in [0, 0.05) is 19.2 Å². The summed E-state index contributed by atoms with van der Waals surface area (Å²) in [6.45, 7) is 4.59. The Kier molecular flexibility index (Phi) is 4.42. The normalized spacial score (nSPS) is 23.0. The van der Waals surface area contributed by atoms with Gasteiger partial charge in [-0.05, 0) is 26.2 Å². The Morgan fingerprint density at radius 2 is 2.32 bits per heavy atom. The summed E-state index contributed by atoms with van der Waals surface area (Å²) in [4.78, 5) is 18.3. The largest absolute Gasteiger partial charge is 0.477 e. The lowest BCUT2D eigenvalue weighted by atomic mass is 10.2. The summed E-state index contributed by atoms with van der Waals surface area (Å²) in [5.74, 6) is -0.921. The number of aromatic nitrogens is 1. The Bertz CT molecular complexity index is 461. The van der Waals surface area contributed by atoms with Gasteiger partial charge in [0.15, 0.2) is 5.13 Å². The molecule has 2 heterocycles. The van der Waals surface area contributed by atoms with Gasteiger partial charge in [0.1, 0.15) is 4.88 Å². The van der Waals surface area contributed by atoms with Crippen molar-refractivity contribution < 1.29 is 14.6 Å². The molecular weight excluding hydrogens is 264 g/mol. The Morgan fingerprint density at radius 1 is 1.58 bits per heavy atom. The van der Waals surface area contributed by atoms with Crippen LogP contribution in [0.5, 0.6) is 0 Å². The first-order chi connectivity index (χ1) is 9.08. The molecule has 2 unspecified atom stereocenters. The van der Waals surface area contributed by atoms with Crippen molar-refractivity contribution in [2.75, 3.05) is 12.0 Å². The van der Waals surface area contributed by atoms with E-state index in [-0.39, 0.29) is 6.61 Å². The van der Waals surface area contributed by atoms with E-state index in [4.69, 9.17) is 4.74 Å². The topological polar surface area (TPSA) is 62.7 Å². The van der Waals surface area contributed by atoms with Crippen LogP contribution in [0.25, 0.3) is 0 Å². The van der Waals surface area contributed by atoms with E-state index in [2.05, 4.69) is 23.7 Å². The second kappa shape index (κ2) is 5.88. The van der Waals surface area contributed by atoms with Gasteiger partial charge >= 0.3 is 5.97 Å². The zero-order chi connectivity index (χ0) is 14.0. The van der Waals surface area contributed by atoms with Crippen molar-refractivity contribution in [1.29, 1.82) is 0 Å². The van der Waals surface area contributed by atoms with E-state index >= 15 is 0 Å². The third-order valence-electron chi connectivity index (χ3n) is 3.64. The molecule has 1 saturated heterocycles. The Hall–Kier alpha value is -1.14. The van der Waals surface area contributed by atoms with Gasteiger partial charge < -0.3 is 14.7 Å². The van der Waals surface area contributed by atoms with Gasteiger partial charge in [0.05, 0.1) is 12.3 Å². The molecule has 0 amide bonds. The summed E-state index contributed by atoms with van der Waals surface area (Å²) in [6, 6.07) is 0.895. The van der Waals surface area contributed by atoms with Gasteiger partial charge in [0.2, 0.25) is 0 Å². The Morgan fingerprint density at radius 3 is 2.89 bits per heavy atom. The molecule has 0 aromatic carbocycles. The highest BCUT2D eigenvalue weighted by Gasteiger charge is 2.32. The van der Waals surface area contributed by atoms with Crippen LogP contribution in [0.4, 0.5) is 5.13 Å². The minimum atomic E-state index is -0.921. The number of rotatable bonds is 5. The molecule has 1 aliphatic heterocycles. The van der Waals surface area contributed by atoms with Gasteiger partial charge in [0.25, 0.3) is 0 Å². The van der Waals surface area contributed by atoms with Crippen LogP contribution in [0.1, 0.15) is 48.5 Å². The number of nitrogens with zero attached hydrogens (tertiary/aromatic N) is 2. The van der Waals surface area contributed by atoms with E-state index in [1.54, 1.807) is 7.11 Å². The molecule has 0 spiro atoms. The van der Waals surface area contributed by atoms with Crippen LogP contribution in [0, 0.1) is 0 Å². The summed E-state index contributed by atoms with van der Waals surface area (Å²) in [5, 5.41) is 10.1. The van der Waals surface area contributed by atoms with Crippen LogP contribution in [0.3, 0.4) is 0 Å². The molecule has 0 aliphatic carbocycles. The molecule has 1 aliphatic rings. The first-order valence-electron chi connectivity index (χ1n) is 6.58. The summed E-state index contributed by atoms with van der Waals surface area (Å²) in [5.41, 5.74) is 0.531. The molecule has 0 radical (unpaired) electrons. The van der Waals surface area contributed by atoms with Crippen LogP contribution in [0.2, 0.25) is 0 Å². The average molecular weight is 284 g/mol. The third-order valence-corrected chi connectivity index (χ3v) is 4.74. The molecular formula is C13H20N2O3S. The lowest BCUT2D eigenvalue weighted by Gasteiger charge is -2.27. The van der Waals surface area contributed by atoms with Crippen molar-refractivity contribution in [1.82, 2.24) is 4.98 Å². The molecule has 1 N–H and O–H groups in total. The number of methoxy groups -OCH3 is 1. The maximum absolute atomic E-state index is 11.3. The van der Waals surface area contributed by atoms with E-state index in [1.807, 2.05) is 0 Å². The fourth-order valence-electron chi connectivity index (χ4n) is 2.67. The van der Waals surface area contributed by atoms with Crippen molar-refractivity contribution in [3.05, 3.63) is 10.6 Å². The van der Waals surface area contributed by atoms with Crippen LogP contribution in [-0.4, -0.2) is 35.3 Å². The van der Waals surface area contributed by atoms with Gasteiger partial charge in [-0.1, -0.05) is 18.3 Å². The fraction of sp³-hybridized carbons (Fsp3) is 0.692. The second-order valence-electron chi connectivity index (χ2n) is 4.91. The molecule has 1 aromatic heterocycles.